The van der Waals surface area contributed by atoms with Crippen LogP contribution >= 0.6 is 0 Å². The number of nitrogens with zero attached hydrogens (tertiary/aromatic N) is 1. The number of benzene rings is 1. The van der Waals surface area contributed by atoms with Gasteiger partial charge in [-0.2, -0.15) is 0 Å². The minimum Gasteiger partial charge on any atom is -0.497 e. The fourth-order valence-electron chi connectivity index (χ4n) is 1.74. The molecular weight excluding hydrogens is 226 g/mol. The van der Waals surface area contributed by atoms with Crippen LogP contribution in [-0.4, -0.2) is 19.6 Å². The van der Waals surface area contributed by atoms with E-state index < -0.39 is 0 Å². The van der Waals surface area contributed by atoms with Crippen molar-refractivity contribution >= 4 is 17.2 Å². The number of amides is 1. The molecule has 0 aliphatic heterocycles. The van der Waals surface area contributed by atoms with Crippen LogP contribution in [-0.2, 0) is 4.79 Å². The molecule has 1 aromatic carbocycles. The Hall–Kier alpha value is -2.03. The highest BCUT2D eigenvalue weighted by Gasteiger charge is 2.15. The van der Waals surface area contributed by atoms with E-state index in [0.717, 1.165) is 22.6 Å². The third-order valence-corrected chi connectivity index (χ3v) is 2.65. The average molecular weight is 245 g/mol. The molecule has 0 N–H and O–H groups in total. The molecule has 0 fully saturated rings. The monoisotopic (exact) mass is 245 g/mol. The van der Waals surface area contributed by atoms with Gasteiger partial charge in [-0.15, -0.1) is 6.58 Å². The lowest BCUT2D eigenvalue weighted by Gasteiger charge is -2.23. The van der Waals surface area contributed by atoms with Gasteiger partial charge in [0.25, 0.3) is 0 Å². The molecule has 0 saturated carbocycles. The Balaban J connectivity index is 3.32. The molecule has 18 heavy (non-hydrogen) atoms. The maximum atomic E-state index is 11.7. The summed E-state index contributed by atoms with van der Waals surface area (Å²) in [6, 6.07) is 5.59. The third-order valence-electron chi connectivity index (χ3n) is 2.65. The second kappa shape index (κ2) is 6.05. The first kappa shape index (κ1) is 14.0. The first-order valence-electron chi connectivity index (χ1n) is 5.74. The van der Waals surface area contributed by atoms with Crippen molar-refractivity contribution in [1.29, 1.82) is 0 Å². The third kappa shape index (κ3) is 3.00. The van der Waals surface area contributed by atoms with Gasteiger partial charge in [-0.05, 0) is 30.7 Å². The molecule has 96 valence electrons. The highest BCUT2D eigenvalue weighted by molar-refractivity contribution is 5.95. The van der Waals surface area contributed by atoms with Gasteiger partial charge in [0, 0.05) is 19.0 Å². The molecular formula is C15H19NO2. The first-order chi connectivity index (χ1) is 8.51. The minimum absolute atomic E-state index is 0.0254. The van der Waals surface area contributed by atoms with Crippen LogP contribution in [0.15, 0.2) is 37.4 Å². The van der Waals surface area contributed by atoms with Crippen LogP contribution in [0.5, 0.6) is 5.75 Å². The van der Waals surface area contributed by atoms with E-state index in [1.165, 1.54) is 6.92 Å². The zero-order valence-corrected chi connectivity index (χ0v) is 11.2. The number of allylic oxidation sites excluding steroid dienone is 1. The Labute approximate surface area is 108 Å². The zero-order chi connectivity index (χ0) is 13.7. The lowest BCUT2D eigenvalue weighted by molar-refractivity contribution is -0.116. The van der Waals surface area contributed by atoms with Crippen molar-refractivity contribution in [1.82, 2.24) is 0 Å². The molecule has 0 radical (unpaired) electrons. The number of anilines is 1. The molecule has 0 saturated heterocycles. The fourth-order valence-corrected chi connectivity index (χ4v) is 1.74. The topological polar surface area (TPSA) is 29.5 Å². The summed E-state index contributed by atoms with van der Waals surface area (Å²) in [5, 5.41) is 0. The van der Waals surface area contributed by atoms with Crippen LogP contribution in [0.4, 0.5) is 5.69 Å². The number of ether oxygens (including phenoxy) is 1. The van der Waals surface area contributed by atoms with E-state index >= 15 is 0 Å². The second-order valence-corrected chi connectivity index (χ2v) is 4.08. The number of hydrogen-bond acceptors (Lipinski definition) is 2. The van der Waals surface area contributed by atoms with Crippen LogP contribution < -0.4 is 9.64 Å². The maximum absolute atomic E-state index is 11.7. The van der Waals surface area contributed by atoms with Crippen molar-refractivity contribution in [3.05, 3.63) is 43.0 Å². The quantitative estimate of drug-likeness (QED) is 0.745. The van der Waals surface area contributed by atoms with Crippen molar-refractivity contribution in [2.24, 2.45) is 0 Å². The molecule has 0 aliphatic rings. The van der Waals surface area contributed by atoms with Crippen molar-refractivity contribution in [3.63, 3.8) is 0 Å². The Morgan fingerprint density at radius 2 is 2.11 bits per heavy atom. The number of carbonyl (C=O) groups excluding carboxylic acids is 1. The van der Waals surface area contributed by atoms with Crippen LogP contribution in [0, 0.1) is 0 Å². The van der Waals surface area contributed by atoms with Gasteiger partial charge in [0.15, 0.2) is 0 Å². The van der Waals surface area contributed by atoms with Gasteiger partial charge in [0.1, 0.15) is 5.75 Å². The Morgan fingerprint density at radius 1 is 1.44 bits per heavy atom. The molecule has 0 heterocycles. The van der Waals surface area contributed by atoms with E-state index in [9.17, 15) is 4.79 Å². The molecule has 0 atom stereocenters. The standard InChI is InChI=1S/C15H19NO2/c1-6-9-16(12(4)17)15-8-7-13(18-5)10-14(15)11(2)3/h6-8,10H,1-2,9H2,3-5H3. The Bertz CT molecular complexity index is 477. The predicted molar refractivity (Wildman–Crippen MR) is 75.9 cm³/mol. The summed E-state index contributed by atoms with van der Waals surface area (Å²) in [4.78, 5) is 13.3. The van der Waals surface area contributed by atoms with Crippen LogP contribution in [0.1, 0.15) is 19.4 Å². The largest absolute Gasteiger partial charge is 0.497 e. The summed E-state index contributed by atoms with van der Waals surface area (Å²) in [6.07, 6.45) is 1.70. The maximum Gasteiger partial charge on any atom is 0.224 e. The van der Waals surface area contributed by atoms with Crippen LogP contribution in [0.2, 0.25) is 0 Å². The SMILES string of the molecule is C=CCN(C(C)=O)c1ccc(OC)cc1C(=C)C. The molecule has 3 nitrogen and oxygen atoms in total. The highest BCUT2D eigenvalue weighted by atomic mass is 16.5. The van der Waals surface area contributed by atoms with Crippen LogP contribution in [0.3, 0.4) is 0 Å². The van der Waals surface area contributed by atoms with E-state index in [2.05, 4.69) is 13.2 Å². The summed E-state index contributed by atoms with van der Waals surface area (Å²) in [6.45, 7) is 11.5. The van der Waals surface area contributed by atoms with Crippen molar-refractivity contribution < 1.29 is 9.53 Å². The fraction of sp³-hybridized carbons (Fsp3) is 0.267. The number of rotatable bonds is 5. The molecule has 0 unspecified atom stereocenters. The molecule has 1 amide bonds. The van der Waals surface area contributed by atoms with Gasteiger partial charge in [-0.3, -0.25) is 4.79 Å². The van der Waals surface area contributed by atoms with Crippen molar-refractivity contribution in [2.45, 2.75) is 13.8 Å². The van der Waals surface area contributed by atoms with E-state index in [-0.39, 0.29) is 5.91 Å². The highest BCUT2D eigenvalue weighted by Crippen LogP contribution is 2.30. The van der Waals surface area contributed by atoms with Crippen LogP contribution in [0.25, 0.3) is 5.57 Å². The van der Waals surface area contributed by atoms with E-state index in [0.29, 0.717) is 6.54 Å². The first-order valence-corrected chi connectivity index (χ1v) is 5.74. The number of carbonyl (C=O) groups is 1. The molecule has 1 aromatic rings. The lowest BCUT2D eigenvalue weighted by atomic mass is 10.0. The van der Waals surface area contributed by atoms with Gasteiger partial charge >= 0.3 is 0 Å². The molecule has 0 aliphatic carbocycles. The summed E-state index contributed by atoms with van der Waals surface area (Å²) in [5.41, 5.74) is 2.63. The van der Waals surface area contributed by atoms with E-state index in [1.807, 2.05) is 25.1 Å². The van der Waals surface area contributed by atoms with Gasteiger partial charge in [-0.1, -0.05) is 12.7 Å². The van der Waals surface area contributed by atoms with Crippen molar-refractivity contribution in [3.8, 4) is 5.75 Å². The van der Waals surface area contributed by atoms with Gasteiger partial charge in [0.2, 0.25) is 5.91 Å². The summed E-state index contributed by atoms with van der Waals surface area (Å²) in [7, 11) is 1.61. The molecule has 0 spiro atoms. The Kier molecular flexibility index (Phi) is 4.72. The summed E-state index contributed by atoms with van der Waals surface area (Å²) < 4.78 is 5.20. The second-order valence-electron chi connectivity index (χ2n) is 4.08. The molecule has 0 aromatic heterocycles. The zero-order valence-electron chi connectivity index (χ0n) is 11.2. The van der Waals surface area contributed by atoms with Gasteiger partial charge < -0.3 is 9.64 Å². The lowest BCUT2D eigenvalue weighted by Crippen LogP contribution is -2.29. The van der Waals surface area contributed by atoms with E-state index in [1.54, 1.807) is 18.1 Å². The molecule has 1 rings (SSSR count). The molecule has 0 bridgehead atoms. The van der Waals surface area contributed by atoms with Crippen molar-refractivity contribution in [2.75, 3.05) is 18.6 Å². The molecule has 3 heteroatoms. The summed E-state index contributed by atoms with van der Waals surface area (Å²) in [5.74, 6) is 0.724. The smallest absolute Gasteiger partial charge is 0.224 e. The number of methoxy groups -OCH3 is 1. The van der Waals surface area contributed by atoms with Gasteiger partial charge in [0.05, 0.1) is 12.8 Å². The Morgan fingerprint density at radius 3 is 2.56 bits per heavy atom. The normalized spacial score (nSPS) is 9.72. The van der Waals surface area contributed by atoms with Gasteiger partial charge in [-0.25, -0.2) is 0 Å². The summed E-state index contributed by atoms with van der Waals surface area (Å²) >= 11 is 0. The van der Waals surface area contributed by atoms with E-state index in [4.69, 9.17) is 4.74 Å². The minimum atomic E-state index is -0.0254. The number of hydrogen-bond donors (Lipinski definition) is 0. The average Bonchev–Trinajstić information content (AvgIpc) is 2.34. The predicted octanol–water partition coefficient (Wildman–Crippen LogP) is 3.27.